The Balaban J connectivity index is 1.87. The number of rotatable bonds is 5. The van der Waals surface area contributed by atoms with Gasteiger partial charge in [0.15, 0.2) is 0 Å². The van der Waals surface area contributed by atoms with E-state index in [-0.39, 0.29) is 5.97 Å². The predicted octanol–water partition coefficient (Wildman–Crippen LogP) is -0.116. The molecule has 0 aromatic carbocycles. The summed E-state index contributed by atoms with van der Waals surface area (Å²) in [6, 6.07) is 1.55. The average Bonchev–Trinajstić information content (AvgIpc) is 3.00. The van der Waals surface area contributed by atoms with E-state index in [4.69, 9.17) is 0 Å². The second-order valence-electron chi connectivity index (χ2n) is 4.62. The number of piperazine rings is 1. The summed E-state index contributed by atoms with van der Waals surface area (Å²) < 4.78 is 30.6. The van der Waals surface area contributed by atoms with E-state index in [0.29, 0.717) is 44.0 Å². The zero-order chi connectivity index (χ0) is 14.6. The fourth-order valence-electron chi connectivity index (χ4n) is 2.16. The van der Waals surface area contributed by atoms with Crippen molar-refractivity contribution in [2.75, 3.05) is 39.8 Å². The molecule has 0 bridgehead atoms. The Labute approximate surface area is 118 Å². The Morgan fingerprint density at radius 3 is 2.60 bits per heavy atom. The number of H-pyrrole nitrogens is 1. The molecule has 1 fully saturated rings. The van der Waals surface area contributed by atoms with Crippen LogP contribution in [0.5, 0.6) is 0 Å². The number of carbonyl (C=O) groups is 1. The molecule has 0 amide bonds. The molecule has 0 saturated carbocycles. The molecule has 20 heavy (non-hydrogen) atoms. The standard InChI is InChI=1S/C12H19N3O4S/c1-19-12(16)3-5-14-6-8-15(9-7-14)20(17,18)11-2-4-13-10-11/h2,4,10,13H,3,5-9H2,1H3. The maximum absolute atomic E-state index is 12.3. The summed E-state index contributed by atoms with van der Waals surface area (Å²) in [5, 5.41) is 0. The van der Waals surface area contributed by atoms with Gasteiger partial charge in [-0.25, -0.2) is 8.42 Å². The Kier molecular flexibility index (Phi) is 4.79. The van der Waals surface area contributed by atoms with Crippen LogP contribution in [0.4, 0.5) is 0 Å². The number of hydrogen-bond acceptors (Lipinski definition) is 5. The minimum atomic E-state index is -3.39. The third-order valence-corrected chi connectivity index (χ3v) is 5.29. The molecule has 1 saturated heterocycles. The van der Waals surface area contributed by atoms with Gasteiger partial charge in [-0.1, -0.05) is 0 Å². The molecule has 7 nitrogen and oxygen atoms in total. The van der Waals surface area contributed by atoms with Crippen molar-refractivity contribution < 1.29 is 17.9 Å². The third kappa shape index (κ3) is 3.38. The van der Waals surface area contributed by atoms with Crippen LogP contribution in [0.1, 0.15) is 6.42 Å². The van der Waals surface area contributed by atoms with Gasteiger partial charge >= 0.3 is 5.97 Å². The Morgan fingerprint density at radius 1 is 1.35 bits per heavy atom. The van der Waals surface area contributed by atoms with Crippen molar-refractivity contribution in [3.8, 4) is 0 Å². The van der Waals surface area contributed by atoms with Crippen LogP contribution in [0.25, 0.3) is 0 Å². The molecule has 0 atom stereocenters. The van der Waals surface area contributed by atoms with Crippen LogP contribution in [-0.4, -0.2) is 68.4 Å². The highest BCUT2D eigenvalue weighted by Crippen LogP contribution is 2.16. The fraction of sp³-hybridized carbons (Fsp3) is 0.583. The zero-order valence-electron chi connectivity index (χ0n) is 11.4. The van der Waals surface area contributed by atoms with E-state index in [1.165, 1.54) is 17.6 Å². The van der Waals surface area contributed by atoms with Crippen molar-refractivity contribution in [2.24, 2.45) is 0 Å². The van der Waals surface area contributed by atoms with E-state index in [1.807, 2.05) is 0 Å². The van der Waals surface area contributed by atoms with E-state index in [1.54, 1.807) is 12.3 Å². The van der Waals surface area contributed by atoms with E-state index < -0.39 is 10.0 Å². The summed E-state index contributed by atoms with van der Waals surface area (Å²) >= 11 is 0. The van der Waals surface area contributed by atoms with Gasteiger partial charge in [-0.2, -0.15) is 4.31 Å². The van der Waals surface area contributed by atoms with Crippen molar-refractivity contribution >= 4 is 16.0 Å². The Bertz CT molecular complexity index is 533. The maximum atomic E-state index is 12.3. The highest BCUT2D eigenvalue weighted by molar-refractivity contribution is 7.89. The van der Waals surface area contributed by atoms with E-state index in [2.05, 4.69) is 14.6 Å². The topological polar surface area (TPSA) is 82.7 Å². The molecule has 112 valence electrons. The number of esters is 1. The highest BCUT2D eigenvalue weighted by atomic mass is 32.2. The third-order valence-electron chi connectivity index (χ3n) is 3.40. The molecule has 0 aliphatic carbocycles. The van der Waals surface area contributed by atoms with Gasteiger partial charge in [0.05, 0.1) is 18.4 Å². The average molecular weight is 301 g/mol. The lowest BCUT2D eigenvalue weighted by Gasteiger charge is -2.33. The first-order valence-electron chi connectivity index (χ1n) is 6.46. The minimum Gasteiger partial charge on any atom is -0.469 e. The molecule has 1 N–H and O–H groups in total. The summed E-state index contributed by atoms with van der Waals surface area (Å²) in [6.07, 6.45) is 3.42. The van der Waals surface area contributed by atoms with Crippen molar-refractivity contribution in [1.29, 1.82) is 0 Å². The summed E-state index contributed by atoms with van der Waals surface area (Å²) in [5.74, 6) is -0.243. The number of sulfonamides is 1. The molecular weight excluding hydrogens is 282 g/mol. The first-order chi connectivity index (χ1) is 9.54. The van der Waals surface area contributed by atoms with Gasteiger partial charge in [-0.05, 0) is 6.07 Å². The number of aromatic nitrogens is 1. The predicted molar refractivity (Wildman–Crippen MR) is 72.6 cm³/mol. The summed E-state index contributed by atoms with van der Waals surface area (Å²) in [5.41, 5.74) is 0. The zero-order valence-corrected chi connectivity index (χ0v) is 12.2. The largest absolute Gasteiger partial charge is 0.469 e. The molecular formula is C12H19N3O4S. The number of nitrogens with one attached hydrogen (secondary N) is 1. The summed E-state index contributed by atoms with van der Waals surface area (Å²) in [4.78, 5) is 16.2. The quantitative estimate of drug-likeness (QED) is 0.767. The number of nitrogens with zero attached hydrogens (tertiary/aromatic N) is 2. The normalized spacial score (nSPS) is 18.1. The lowest BCUT2D eigenvalue weighted by atomic mass is 10.3. The summed E-state index contributed by atoms with van der Waals surface area (Å²) in [6.45, 7) is 2.73. The first kappa shape index (κ1) is 15.0. The van der Waals surface area contributed by atoms with Crippen LogP contribution < -0.4 is 0 Å². The van der Waals surface area contributed by atoms with Gasteiger partial charge in [-0.15, -0.1) is 0 Å². The lowest BCUT2D eigenvalue weighted by Crippen LogP contribution is -2.48. The van der Waals surface area contributed by atoms with Crippen LogP contribution in [0.2, 0.25) is 0 Å². The van der Waals surface area contributed by atoms with E-state index in [0.717, 1.165) is 0 Å². The van der Waals surface area contributed by atoms with Crippen LogP contribution >= 0.6 is 0 Å². The number of methoxy groups -OCH3 is 1. The van der Waals surface area contributed by atoms with E-state index >= 15 is 0 Å². The van der Waals surface area contributed by atoms with Gasteiger partial charge in [0.2, 0.25) is 10.0 Å². The van der Waals surface area contributed by atoms with Gasteiger partial charge in [0, 0.05) is 45.1 Å². The van der Waals surface area contributed by atoms with Crippen molar-refractivity contribution in [1.82, 2.24) is 14.2 Å². The van der Waals surface area contributed by atoms with E-state index in [9.17, 15) is 13.2 Å². The Morgan fingerprint density at radius 2 is 2.05 bits per heavy atom. The summed E-state index contributed by atoms with van der Waals surface area (Å²) in [7, 11) is -2.03. The molecule has 0 spiro atoms. The Hall–Kier alpha value is -1.38. The number of ether oxygens (including phenoxy) is 1. The van der Waals surface area contributed by atoms with Crippen molar-refractivity contribution in [3.63, 3.8) is 0 Å². The smallest absolute Gasteiger partial charge is 0.306 e. The minimum absolute atomic E-state index is 0.243. The molecule has 2 rings (SSSR count). The molecule has 1 aromatic rings. The number of carbonyl (C=O) groups excluding carboxylic acids is 1. The monoisotopic (exact) mass is 301 g/mol. The number of aromatic amines is 1. The van der Waals surface area contributed by atoms with Crippen molar-refractivity contribution in [2.45, 2.75) is 11.3 Å². The molecule has 0 unspecified atom stereocenters. The van der Waals surface area contributed by atoms with Crippen LogP contribution in [-0.2, 0) is 19.6 Å². The maximum Gasteiger partial charge on any atom is 0.306 e. The van der Waals surface area contributed by atoms with Gasteiger partial charge in [-0.3, -0.25) is 4.79 Å². The molecule has 1 aromatic heterocycles. The van der Waals surface area contributed by atoms with Gasteiger partial charge in [0.25, 0.3) is 0 Å². The molecule has 0 radical (unpaired) electrons. The van der Waals surface area contributed by atoms with Crippen LogP contribution in [0.3, 0.4) is 0 Å². The van der Waals surface area contributed by atoms with Crippen molar-refractivity contribution in [3.05, 3.63) is 18.5 Å². The van der Waals surface area contributed by atoms with Gasteiger partial charge < -0.3 is 14.6 Å². The first-order valence-corrected chi connectivity index (χ1v) is 7.90. The van der Waals surface area contributed by atoms with Crippen LogP contribution in [0, 0.1) is 0 Å². The molecule has 2 heterocycles. The SMILES string of the molecule is COC(=O)CCN1CCN(S(=O)(=O)c2cc[nH]c2)CC1. The number of hydrogen-bond donors (Lipinski definition) is 1. The van der Waals surface area contributed by atoms with Crippen LogP contribution in [0.15, 0.2) is 23.4 Å². The molecule has 8 heteroatoms. The molecule has 1 aliphatic heterocycles. The lowest BCUT2D eigenvalue weighted by molar-refractivity contribution is -0.141. The highest BCUT2D eigenvalue weighted by Gasteiger charge is 2.28. The molecule has 1 aliphatic rings. The second-order valence-corrected chi connectivity index (χ2v) is 6.56. The fourth-order valence-corrected chi connectivity index (χ4v) is 3.56. The second kappa shape index (κ2) is 6.38. The van der Waals surface area contributed by atoms with Gasteiger partial charge in [0.1, 0.15) is 0 Å².